The molecular formula is C22H29N5O2S. The first-order valence-corrected chi connectivity index (χ1v) is 11.5. The van der Waals surface area contributed by atoms with Crippen LogP contribution < -0.4 is 4.74 Å². The first-order valence-electron chi connectivity index (χ1n) is 10.7. The van der Waals surface area contributed by atoms with E-state index in [1.54, 1.807) is 18.9 Å². The molecule has 0 spiro atoms. The van der Waals surface area contributed by atoms with Crippen molar-refractivity contribution in [1.82, 2.24) is 24.9 Å². The second-order valence-corrected chi connectivity index (χ2v) is 9.41. The summed E-state index contributed by atoms with van der Waals surface area (Å²) in [7, 11) is 1.68. The Morgan fingerprint density at radius 3 is 2.43 bits per heavy atom. The van der Waals surface area contributed by atoms with Crippen LogP contribution in [0.1, 0.15) is 81.8 Å². The molecule has 0 N–H and O–H groups in total. The highest BCUT2D eigenvalue weighted by atomic mass is 32.2. The predicted molar refractivity (Wildman–Crippen MR) is 117 cm³/mol. The fraction of sp³-hybridized carbons (Fsp3) is 0.545. The van der Waals surface area contributed by atoms with E-state index < -0.39 is 0 Å². The number of hydrogen-bond acceptors (Lipinski definition) is 7. The second-order valence-electron chi connectivity index (χ2n) is 8.10. The van der Waals surface area contributed by atoms with Gasteiger partial charge in [-0.05, 0) is 44.0 Å². The normalized spacial score (nSPS) is 16.2. The van der Waals surface area contributed by atoms with E-state index in [4.69, 9.17) is 9.26 Å². The minimum Gasteiger partial charge on any atom is -0.497 e. The maximum atomic E-state index is 5.51. The van der Waals surface area contributed by atoms with E-state index in [1.807, 2.05) is 24.3 Å². The summed E-state index contributed by atoms with van der Waals surface area (Å²) in [6, 6.07) is 8.45. The smallest absolute Gasteiger partial charge is 0.239 e. The quantitative estimate of drug-likeness (QED) is 0.440. The molecule has 1 fully saturated rings. The van der Waals surface area contributed by atoms with Crippen LogP contribution in [0.3, 0.4) is 0 Å². The van der Waals surface area contributed by atoms with Crippen LogP contribution in [0.15, 0.2) is 33.9 Å². The van der Waals surface area contributed by atoms with Crippen LogP contribution in [0, 0.1) is 0 Å². The van der Waals surface area contributed by atoms with Crippen molar-refractivity contribution in [2.75, 3.05) is 7.11 Å². The zero-order valence-corrected chi connectivity index (χ0v) is 18.9. The largest absolute Gasteiger partial charge is 0.497 e. The lowest BCUT2D eigenvalue weighted by Crippen LogP contribution is -2.15. The van der Waals surface area contributed by atoms with Crippen LogP contribution in [-0.2, 0) is 0 Å². The summed E-state index contributed by atoms with van der Waals surface area (Å²) >= 11 is 1.63. The van der Waals surface area contributed by atoms with Crippen molar-refractivity contribution >= 4 is 11.8 Å². The Morgan fingerprint density at radius 2 is 1.80 bits per heavy atom. The average molecular weight is 428 g/mol. The minimum atomic E-state index is 0.000239. The van der Waals surface area contributed by atoms with Gasteiger partial charge in [0, 0.05) is 17.5 Å². The zero-order valence-electron chi connectivity index (χ0n) is 18.0. The van der Waals surface area contributed by atoms with Gasteiger partial charge in [-0.3, -0.25) is 4.57 Å². The fourth-order valence-corrected chi connectivity index (χ4v) is 4.77. The number of nitrogens with zero attached hydrogens (tertiary/aromatic N) is 5. The molecule has 0 amide bonds. The molecule has 30 heavy (non-hydrogen) atoms. The molecule has 1 saturated carbocycles. The molecule has 3 aromatic rings. The van der Waals surface area contributed by atoms with Crippen molar-refractivity contribution in [3.8, 4) is 17.1 Å². The van der Waals surface area contributed by atoms with Gasteiger partial charge in [0.2, 0.25) is 5.89 Å². The molecule has 0 bridgehead atoms. The molecule has 2 aromatic heterocycles. The van der Waals surface area contributed by atoms with Crippen molar-refractivity contribution in [2.45, 2.75) is 75.2 Å². The number of ether oxygens (including phenoxy) is 1. The monoisotopic (exact) mass is 427 g/mol. The highest BCUT2D eigenvalue weighted by Crippen LogP contribution is 2.40. The molecule has 160 valence electrons. The summed E-state index contributed by atoms with van der Waals surface area (Å²) in [5.41, 5.74) is 1.05. The average Bonchev–Trinajstić information content (AvgIpc) is 3.42. The number of methoxy groups -OCH3 is 1. The molecule has 1 unspecified atom stereocenters. The van der Waals surface area contributed by atoms with E-state index >= 15 is 0 Å². The summed E-state index contributed by atoms with van der Waals surface area (Å²) in [5.74, 6) is 3.36. The molecule has 0 saturated heterocycles. The van der Waals surface area contributed by atoms with Crippen molar-refractivity contribution in [1.29, 1.82) is 0 Å². The van der Waals surface area contributed by atoms with Crippen LogP contribution in [0.25, 0.3) is 11.4 Å². The lowest BCUT2D eigenvalue weighted by molar-refractivity contribution is 0.338. The van der Waals surface area contributed by atoms with E-state index in [0.717, 1.165) is 41.0 Å². The summed E-state index contributed by atoms with van der Waals surface area (Å²) in [6.45, 7) is 6.20. The topological polar surface area (TPSA) is 78.9 Å². The third kappa shape index (κ3) is 4.38. The zero-order chi connectivity index (χ0) is 21.1. The Hall–Kier alpha value is -2.35. The highest BCUT2D eigenvalue weighted by Gasteiger charge is 2.26. The molecule has 7 nitrogen and oxygen atoms in total. The van der Waals surface area contributed by atoms with Gasteiger partial charge in [0.15, 0.2) is 16.8 Å². The lowest BCUT2D eigenvalue weighted by atomic mass is 9.95. The van der Waals surface area contributed by atoms with Crippen LogP contribution in [-0.4, -0.2) is 32.0 Å². The Kier molecular flexibility index (Phi) is 6.41. The molecule has 0 radical (unpaired) electrons. The molecule has 0 aliphatic heterocycles. The molecule has 1 aromatic carbocycles. The van der Waals surface area contributed by atoms with Gasteiger partial charge in [-0.1, -0.05) is 50.0 Å². The number of hydrogen-bond donors (Lipinski definition) is 0. The van der Waals surface area contributed by atoms with E-state index in [-0.39, 0.29) is 11.2 Å². The number of rotatable bonds is 7. The van der Waals surface area contributed by atoms with Gasteiger partial charge in [0.05, 0.1) is 12.4 Å². The Labute approximate surface area is 181 Å². The first kappa shape index (κ1) is 20.9. The lowest BCUT2D eigenvalue weighted by Gasteiger charge is -2.26. The predicted octanol–water partition coefficient (Wildman–Crippen LogP) is 5.82. The first-order chi connectivity index (χ1) is 14.6. The number of aromatic nitrogens is 5. The standard InChI is InChI=1S/C22H29N5O2S/c1-14(2)19-23-21(29-26-19)15(3)30-22-25-24-20(16-10-12-18(28-4)13-11-16)27(22)17-8-6-5-7-9-17/h10-15,17H,5-9H2,1-4H3. The second kappa shape index (κ2) is 9.20. The van der Waals surface area contributed by atoms with Gasteiger partial charge in [0.25, 0.3) is 0 Å². The molecule has 1 atom stereocenters. The van der Waals surface area contributed by atoms with Crippen molar-refractivity contribution in [2.24, 2.45) is 0 Å². The van der Waals surface area contributed by atoms with Crippen LogP contribution in [0.5, 0.6) is 5.75 Å². The minimum absolute atomic E-state index is 0.000239. The third-order valence-corrected chi connectivity index (χ3v) is 6.60. The van der Waals surface area contributed by atoms with E-state index in [2.05, 4.69) is 45.7 Å². The van der Waals surface area contributed by atoms with Crippen LogP contribution >= 0.6 is 11.8 Å². The Balaban J connectivity index is 1.65. The highest BCUT2D eigenvalue weighted by molar-refractivity contribution is 7.99. The van der Waals surface area contributed by atoms with E-state index in [0.29, 0.717) is 11.9 Å². The number of thioether (sulfide) groups is 1. The van der Waals surface area contributed by atoms with Gasteiger partial charge >= 0.3 is 0 Å². The van der Waals surface area contributed by atoms with Gasteiger partial charge in [-0.15, -0.1) is 10.2 Å². The van der Waals surface area contributed by atoms with Crippen molar-refractivity contribution in [3.05, 3.63) is 36.0 Å². The summed E-state index contributed by atoms with van der Waals surface area (Å²) < 4.78 is 13.1. The maximum absolute atomic E-state index is 5.51. The van der Waals surface area contributed by atoms with E-state index in [1.165, 1.54) is 19.3 Å². The van der Waals surface area contributed by atoms with Gasteiger partial charge in [-0.2, -0.15) is 4.98 Å². The third-order valence-electron chi connectivity index (χ3n) is 5.56. The van der Waals surface area contributed by atoms with E-state index in [9.17, 15) is 0 Å². The molecule has 4 rings (SSSR count). The summed E-state index contributed by atoms with van der Waals surface area (Å²) in [5, 5.41) is 14.2. The van der Waals surface area contributed by atoms with Crippen LogP contribution in [0.4, 0.5) is 0 Å². The summed E-state index contributed by atoms with van der Waals surface area (Å²) in [6.07, 6.45) is 6.09. The Morgan fingerprint density at radius 1 is 1.07 bits per heavy atom. The SMILES string of the molecule is COc1ccc(-c2nnc(SC(C)c3nc(C(C)C)no3)n2C2CCCCC2)cc1. The van der Waals surface area contributed by atoms with Gasteiger partial charge in [-0.25, -0.2) is 0 Å². The fourth-order valence-electron chi connectivity index (χ4n) is 3.82. The molecule has 1 aliphatic carbocycles. The van der Waals surface area contributed by atoms with Gasteiger partial charge < -0.3 is 9.26 Å². The van der Waals surface area contributed by atoms with Crippen molar-refractivity contribution < 1.29 is 9.26 Å². The molecular weight excluding hydrogens is 398 g/mol. The molecule has 8 heteroatoms. The maximum Gasteiger partial charge on any atom is 0.239 e. The molecule has 2 heterocycles. The molecule has 1 aliphatic rings. The van der Waals surface area contributed by atoms with Crippen LogP contribution in [0.2, 0.25) is 0 Å². The number of benzene rings is 1. The summed E-state index contributed by atoms with van der Waals surface area (Å²) in [4.78, 5) is 4.56. The van der Waals surface area contributed by atoms with Crippen molar-refractivity contribution in [3.63, 3.8) is 0 Å². The Bertz CT molecular complexity index is 960. The van der Waals surface area contributed by atoms with Gasteiger partial charge in [0.1, 0.15) is 5.75 Å².